The maximum Gasteiger partial charge on any atom is 0.0785 e. The molecule has 2 heterocycles. The predicted molar refractivity (Wildman–Crippen MR) is 43.8 cm³/mol. The van der Waals surface area contributed by atoms with E-state index in [2.05, 4.69) is 10.4 Å². The molecule has 11 heavy (non-hydrogen) atoms. The fourth-order valence-corrected chi connectivity index (χ4v) is 1.52. The van der Waals surface area contributed by atoms with E-state index in [9.17, 15) is 0 Å². The maximum atomic E-state index is 5.74. The van der Waals surface area contributed by atoms with E-state index in [1.165, 1.54) is 0 Å². The lowest BCUT2D eigenvalue weighted by molar-refractivity contribution is 0.491. The summed E-state index contributed by atoms with van der Waals surface area (Å²) in [5.41, 5.74) is 0. The molecule has 0 bridgehead atoms. The Labute approximate surface area is 70.3 Å². The molecule has 60 valence electrons. The van der Waals surface area contributed by atoms with Crippen molar-refractivity contribution in [1.29, 1.82) is 0 Å². The van der Waals surface area contributed by atoms with Crippen LogP contribution in [0.25, 0.3) is 0 Å². The van der Waals surface area contributed by atoms with Crippen LogP contribution in [0.1, 0.15) is 12.5 Å². The van der Waals surface area contributed by atoms with Gasteiger partial charge in [0.25, 0.3) is 0 Å². The minimum atomic E-state index is 0.502. The van der Waals surface area contributed by atoms with Gasteiger partial charge in [0.1, 0.15) is 0 Å². The first-order valence-electron chi connectivity index (χ1n) is 3.76. The minimum absolute atomic E-state index is 0.502. The van der Waals surface area contributed by atoms with Gasteiger partial charge in [-0.1, -0.05) is 11.6 Å². The molecule has 1 saturated heterocycles. The lowest BCUT2D eigenvalue weighted by atomic mass is 10.3. The van der Waals surface area contributed by atoms with E-state index in [0.29, 0.717) is 6.04 Å². The van der Waals surface area contributed by atoms with Crippen molar-refractivity contribution in [3.05, 3.63) is 17.4 Å². The van der Waals surface area contributed by atoms with Gasteiger partial charge in [-0.2, -0.15) is 5.10 Å². The van der Waals surface area contributed by atoms with Crippen LogP contribution in [-0.2, 0) is 0 Å². The van der Waals surface area contributed by atoms with E-state index in [1.54, 1.807) is 6.20 Å². The zero-order valence-electron chi connectivity index (χ0n) is 6.13. The molecule has 1 atom stereocenters. The molecular formula is C7H10ClN3. The largest absolute Gasteiger partial charge is 0.315 e. The van der Waals surface area contributed by atoms with E-state index in [0.717, 1.165) is 24.5 Å². The highest BCUT2D eigenvalue weighted by Gasteiger charge is 2.16. The number of nitrogens with one attached hydrogen (secondary N) is 1. The minimum Gasteiger partial charge on any atom is -0.315 e. The van der Waals surface area contributed by atoms with Crippen molar-refractivity contribution in [3.63, 3.8) is 0 Å². The molecule has 3 nitrogen and oxygen atoms in total. The average Bonchev–Trinajstić information content (AvgIpc) is 2.55. The zero-order valence-corrected chi connectivity index (χ0v) is 6.88. The van der Waals surface area contributed by atoms with Gasteiger partial charge in [0.2, 0.25) is 0 Å². The summed E-state index contributed by atoms with van der Waals surface area (Å²) >= 11 is 5.74. The van der Waals surface area contributed by atoms with Crippen molar-refractivity contribution >= 4 is 11.6 Å². The normalized spacial score (nSPS) is 24.3. The van der Waals surface area contributed by atoms with Gasteiger partial charge in [0.15, 0.2) is 0 Å². The Balaban J connectivity index is 2.15. The van der Waals surface area contributed by atoms with Gasteiger partial charge in [-0.25, -0.2) is 0 Å². The smallest absolute Gasteiger partial charge is 0.0785 e. The Morgan fingerprint density at radius 2 is 2.64 bits per heavy atom. The van der Waals surface area contributed by atoms with Crippen molar-refractivity contribution in [1.82, 2.24) is 15.1 Å². The van der Waals surface area contributed by atoms with E-state index >= 15 is 0 Å². The summed E-state index contributed by atoms with van der Waals surface area (Å²) in [5.74, 6) is 0. The first kappa shape index (κ1) is 7.13. The van der Waals surface area contributed by atoms with E-state index < -0.39 is 0 Å². The molecule has 1 N–H and O–H groups in total. The lowest BCUT2D eigenvalue weighted by Gasteiger charge is -2.06. The van der Waals surface area contributed by atoms with Gasteiger partial charge in [0, 0.05) is 12.7 Å². The van der Waals surface area contributed by atoms with Crippen LogP contribution in [0.15, 0.2) is 12.4 Å². The lowest BCUT2D eigenvalue weighted by Crippen LogP contribution is -2.13. The molecule has 1 aromatic rings. The second-order valence-electron chi connectivity index (χ2n) is 2.79. The number of hydrogen-bond acceptors (Lipinski definition) is 2. The molecule has 0 unspecified atom stereocenters. The highest BCUT2D eigenvalue weighted by atomic mass is 35.5. The van der Waals surface area contributed by atoms with Crippen molar-refractivity contribution in [3.8, 4) is 0 Å². The average molecular weight is 172 g/mol. The molecular weight excluding hydrogens is 162 g/mol. The third-order valence-electron chi connectivity index (χ3n) is 1.98. The van der Waals surface area contributed by atoms with E-state index in [-0.39, 0.29) is 0 Å². The highest BCUT2D eigenvalue weighted by molar-refractivity contribution is 6.30. The molecule has 0 aromatic carbocycles. The summed E-state index contributed by atoms with van der Waals surface area (Å²) in [4.78, 5) is 0. The van der Waals surface area contributed by atoms with Crippen LogP contribution in [0.2, 0.25) is 5.02 Å². The van der Waals surface area contributed by atoms with Crippen LogP contribution in [0.5, 0.6) is 0 Å². The molecule has 0 amide bonds. The van der Waals surface area contributed by atoms with E-state index in [4.69, 9.17) is 11.6 Å². The number of nitrogens with zero attached hydrogens (tertiary/aromatic N) is 2. The van der Waals surface area contributed by atoms with Gasteiger partial charge in [0.05, 0.1) is 17.3 Å². The number of halogens is 1. The Kier molecular flexibility index (Phi) is 1.84. The molecule has 1 aliphatic heterocycles. The third-order valence-corrected chi connectivity index (χ3v) is 2.17. The van der Waals surface area contributed by atoms with Gasteiger partial charge in [-0.3, -0.25) is 4.68 Å². The summed E-state index contributed by atoms with van der Waals surface area (Å²) in [6, 6.07) is 0.502. The second kappa shape index (κ2) is 2.83. The van der Waals surface area contributed by atoms with Crippen molar-refractivity contribution < 1.29 is 0 Å². The third kappa shape index (κ3) is 1.39. The Morgan fingerprint density at radius 1 is 1.73 bits per heavy atom. The van der Waals surface area contributed by atoms with Crippen molar-refractivity contribution in [2.24, 2.45) is 0 Å². The molecule has 0 spiro atoms. The Hall–Kier alpha value is -0.540. The van der Waals surface area contributed by atoms with Crippen LogP contribution < -0.4 is 5.32 Å². The Morgan fingerprint density at radius 3 is 3.18 bits per heavy atom. The quantitative estimate of drug-likeness (QED) is 0.685. The van der Waals surface area contributed by atoms with Gasteiger partial charge in [-0.05, 0) is 13.0 Å². The van der Waals surface area contributed by atoms with E-state index in [1.807, 2.05) is 10.9 Å². The molecule has 2 rings (SSSR count). The molecule has 1 aromatic heterocycles. The first-order valence-corrected chi connectivity index (χ1v) is 4.14. The molecule has 1 fully saturated rings. The summed E-state index contributed by atoms with van der Waals surface area (Å²) in [6.07, 6.45) is 4.71. The fourth-order valence-electron chi connectivity index (χ4n) is 1.38. The van der Waals surface area contributed by atoms with Gasteiger partial charge < -0.3 is 5.32 Å². The summed E-state index contributed by atoms with van der Waals surface area (Å²) in [7, 11) is 0. The monoisotopic (exact) mass is 171 g/mol. The fraction of sp³-hybridized carbons (Fsp3) is 0.571. The molecule has 0 saturated carbocycles. The topological polar surface area (TPSA) is 29.9 Å². The molecule has 4 heteroatoms. The van der Waals surface area contributed by atoms with Crippen LogP contribution in [-0.4, -0.2) is 22.9 Å². The summed E-state index contributed by atoms with van der Waals surface area (Å²) < 4.78 is 1.93. The van der Waals surface area contributed by atoms with Crippen LogP contribution in [0.3, 0.4) is 0 Å². The maximum absolute atomic E-state index is 5.74. The number of aromatic nitrogens is 2. The number of hydrogen-bond donors (Lipinski definition) is 1. The van der Waals surface area contributed by atoms with Crippen LogP contribution >= 0.6 is 11.6 Å². The summed E-state index contributed by atoms with van der Waals surface area (Å²) in [5, 5.41) is 8.14. The first-order chi connectivity index (χ1) is 5.36. The van der Waals surface area contributed by atoms with Gasteiger partial charge in [-0.15, -0.1) is 0 Å². The predicted octanol–water partition coefficient (Wildman–Crippen LogP) is 1.07. The molecule has 0 aliphatic carbocycles. The highest BCUT2D eigenvalue weighted by Crippen LogP contribution is 2.16. The zero-order chi connectivity index (χ0) is 7.68. The van der Waals surface area contributed by atoms with Crippen molar-refractivity contribution in [2.45, 2.75) is 12.5 Å². The Bertz CT molecular complexity index is 240. The van der Waals surface area contributed by atoms with Crippen LogP contribution in [0, 0.1) is 0 Å². The molecule has 0 radical (unpaired) electrons. The SMILES string of the molecule is Clc1cnn([C@@H]2CCNC2)c1. The van der Waals surface area contributed by atoms with Crippen molar-refractivity contribution in [2.75, 3.05) is 13.1 Å². The number of rotatable bonds is 1. The second-order valence-corrected chi connectivity index (χ2v) is 3.22. The molecule has 1 aliphatic rings. The van der Waals surface area contributed by atoms with Gasteiger partial charge >= 0.3 is 0 Å². The standard InChI is InChI=1S/C7H10ClN3/c8-6-3-10-11(5-6)7-1-2-9-4-7/h3,5,7,9H,1-2,4H2/t7-/m1/s1. The summed E-state index contributed by atoms with van der Waals surface area (Å²) in [6.45, 7) is 2.10. The van der Waals surface area contributed by atoms with Crippen LogP contribution in [0.4, 0.5) is 0 Å².